The molecule has 1 aromatic heterocycles. The van der Waals surface area contributed by atoms with Gasteiger partial charge < -0.3 is 14.8 Å². The highest BCUT2D eigenvalue weighted by Crippen LogP contribution is 2.40. The Kier molecular flexibility index (Phi) is 2.23. The van der Waals surface area contributed by atoms with Gasteiger partial charge in [0.15, 0.2) is 5.89 Å². The smallest absolute Gasteiger partial charge is 0.329 e. The van der Waals surface area contributed by atoms with E-state index < -0.39 is 17.4 Å². The Morgan fingerprint density at radius 2 is 2.11 bits per heavy atom. The highest BCUT2D eigenvalue weighted by molar-refractivity contribution is 5.97. The van der Waals surface area contributed by atoms with Crippen LogP contribution in [0.2, 0.25) is 0 Å². The number of nitrogens with zero attached hydrogens (tertiary/aromatic N) is 1. The minimum atomic E-state index is -1.09. The number of nitrogens with one attached hydrogen (secondary N) is 1. The van der Waals surface area contributed by atoms with E-state index in [0.717, 1.165) is 12.8 Å². The van der Waals surface area contributed by atoms with Gasteiger partial charge in [0.1, 0.15) is 5.54 Å². The first-order valence-electron chi connectivity index (χ1n) is 6.05. The Hall–Kier alpha value is -1.85. The zero-order valence-corrected chi connectivity index (χ0v) is 10.0. The van der Waals surface area contributed by atoms with Crippen LogP contribution in [0.15, 0.2) is 4.42 Å². The molecule has 0 radical (unpaired) electrons. The van der Waals surface area contributed by atoms with Crippen LogP contribution in [0.5, 0.6) is 0 Å². The molecule has 2 saturated carbocycles. The standard InChI is InChI=1S/C12H14N2O4/c1-6-8(18-10(13-6)7-2-3-7)9(15)14-12(4-5-12)11(16)17/h7H,2-5H2,1H3,(H,14,15)(H,16,17). The fourth-order valence-corrected chi connectivity index (χ4v) is 1.92. The summed E-state index contributed by atoms with van der Waals surface area (Å²) in [6, 6.07) is 0. The summed E-state index contributed by atoms with van der Waals surface area (Å²) in [5.41, 5.74) is -0.564. The van der Waals surface area contributed by atoms with Gasteiger partial charge in [0.05, 0.1) is 5.69 Å². The van der Waals surface area contributed by atoms with E-state index in [2.05, 4.69) is 10.3 Å². The normalized spacial score (nSPS) is 20.5. The maximum atomic E-state index is 12.0. The van der Waals surface area contributed by atoms with Gasteiger partial charge in [-0.2, -0.15) is 0 Å². The van der Waals surface area contributed by atoms with Crippen molar-refractivity contribution in [2.75, 3.05) is 0 Å². The number of hydrogen-bond acceptors (Lipinski definition) is 4. The molecule has 0 aromatic carbocycles. The van der Waals surface area contributed by atoms with Crippen LogP contribution in [0.3, 0.4) is 0 Å². The van der Waals surface area contributed by atoms with E-state index in [-0.39, 0.29) is 5.76 Å². The Bertz CT molecular complexity index is 526. The lowest BCUT2D eigenvalue weighted by atomic mass is 10.2. The van der Waals surface area contributed by atoms with Crippen LogP contribution in [-0.2, 0) is 4.79 Å². The number of rotatable bonds is 4. The van der Waals surface area contributed by atoms with Crippen molar-refractivity contribution in [3.05, 3.63) is 17.3 Å². The van der Waals surface area contributed by atoms with E-state index in [4.69, 9.17) is 9.52 Å². The fourth-order valence-electron chi connectivity index (χ4n) is 1.92. The minimum Gasteiger partial charge on any atom is -0.480 e. The Morgan fingerprint density at radius 3 is 2.61 bits per heavy atom. The first-order valence-corrected chi connectivity index (χ1v) is 6.05. The average molecular weight is 250 g/mol. The van der Waals surface area contributed by atoms with Gasteiger partial charge in [0.25, 0.3) is 5.91 Å². The van der Waals surface area contributed by atoms with Crippen molar-refractivity contribution in [3.63, 3.8) is 0 Å². The van der Waals surface area contributed by atoms with E-state index >= 15 is 0 Å². The molecule has 0 bridgehead atoms. The first-order chi connectivity index (χ1) is 8.52. The molecule has 1 aromatic rings. The second-order valence-electron chi connectivity index (χ2n) is 5.08. The van der Waals surface area contributed by atoms with Crippen LogP contribution in [0.4, 0.5) is 0 Å². The van der Waals surface area contributed by atoms with E-state index in [9.17, 15) is 9.59 Å². The van der Waals surface area contributed by atoms with Gasteiger partial charge >= 0.3 is 5.97 Å². The number of hydrogen-bond donors (Lipinski definition) is 2. The molecular weight excluding hydrogens is 236 g/mol. The molecule has 0 saturated heterocycles. The number of aromatic nitrogens is 1. The molecule has 0 aliphatic heterocycles. The Balaban J connectivity index is 1.78. The second-order valence-corrected chi connectivity index (χ2v) is 5.08. The first kappa shape index (κ1) is 11.3. The van der Waals surface area contributed by atoms with E-state index in [1.54, 1.807) is 6.92 Å². The van der Waals surface area contributed by atoms with Crippen LogP contribution in [0.1, 0.15) is 53.7 Å². The quantitative estimate of drug-likeness (QED) is 0.837. The number of carboxylic acids is 1. The van der Waals surface area contributed by atoms with Crippen molar-refractivity contribution in [1.29, 1.82) is 0 Å². The molecule has 96 valence electrons. The number of amides is 1. The molecule has 6 nitrogen and oxygen atoms in total. The Labute approximate surface area is 103 Å². The van der Waals surface area contributed by atoms with Crippen molar-refractivity contribution in [3.8, 4) is 0 Å². The summed E-state index contributed by atoms with van der Waals surface area (Å²) in [4.78, 5) is 27.2. The lowest BCUT2D eigenvalue weighted by molar-refractivity contribution is -0.140. The van der Waals surface area contributed by atoms with Crippen LogP contribution in [0, 0.1) is 6.92 Å². The molecule has 1 amide bonds. The third kappa shape index (κ3) is 1.77. The predicted octanol–water partition coefficient (Wildman–Crippen LogP) is 1.21. The molecule has 0 atom stereocenters. The number of carbonyl (C=O) groups is 2. The number of oxazole rings is 1. The van der Waals surface area contributed by atoms with Crippen LogP contribution < -0.4 is 5.32 Å². The van der Waals surface area contributed by atoms with Crippen LogP contribution in [-0.4, -0.2) is 27.5 Å². The van der Waals surface area contributed by atoms with Gasteiger partial charge in [-0.15, -0.1) is 0 Å². The van der Waals surface area contributed by atoms with Gasteiger partial charge in [0, 0.05) is 5.92 Å². The third-order valence-electron chi connectivity index (χ3n) is 3.46. The van der Waals surface area contributed by atoms with Crippen molar-refractivity contribution >= 4 is 11.9 Å². The van der Waals surface area contributed by atoms with Crippen LogP contribution >= 0.6 is 0 Å². The lowest BCUT2D eigenvalue weighted by Crippen LogP contribution is -2.43. The highest BCUT2D eigenvalue weighted by Gasteiger charge is 2.52. The molecule has 2 fully saturated rings. The highest BCUT2D eigenvalue weighted by atomic mass is 16.4. The van der Waals surface area contributed by atoms with Gasteiger partial charge in [0.2, 0.25) is 5.76 Å². The molecule has 3 rings (SSSR count). The van der Waals surface area contributed by atoms with E-state index in [1.807, 2.05) is 0 Å². The number of carboxylic acid groups (broad SMARTS) is 1. The molecule has 0 spiro atoms. The topological polar surface area (TPSA) is 92.4 Å². The van der Waals surface area contributed by atoms with Gasteiger partial charge in [-0.25, -0.2) is 9.78 Å². The SMILES string of the molecule is Cc1nc(C2CC2)oc1C(=O)NC1(C(=O)O)CC1. The number of carbonyl (C=O) groups excluding carboxylic acids is 1. The summed E-state index contributed by atoms with van der Waals surface area (Å²) in [7, 11) is 0. The predicted molar refractivity (Wildman–Crippen MR) is 60.3 cm³/mol. The van der Waals surface area contributed by atoms with E-state index in [1.165, 1.54) is 0 Å². The molecule has 2 aliphatic rings. The monoisotopic (exact) mass is 250 g/mol. The molecular formula is C12H14N2O4. The zero-order valence-electron chi connectivity index (χ0n) is 10.0. The summed E-state index contributed by atoms with van der Waals surface area (Å²) in [5, 5.41) is 11.5. The summed E-state index contributed by atoms with van der Waals surface area (Å²) in [6.45, 7) is 1.70. The molecule has 0 unspecified atom stereocenters. The maximum absolute atomic E-state index is 12.0. The van der Waals surface area contributed by atoms with Crippen molar-refractivity contribution in [2.24, 2.45) is 0 Å². The minimum absolute atomic E-state index is 0.143. The molecule has 6 heteroatoms. The summed E-state index contributed by atoms with van der Waals surface area (Å²) in [6.07, 6.45) is 3.02. The summed E-state index contributed by atoms with van der Waals surface area (Å²) < 4.78 is 5.44. The second kappa shape index (κ2) is 3.57. The van der Waals surface area contributed by atoms with Gasteiger partial charge in [-0.3, -0.25) is 4.79 Å². The molecule has 1 heterocycles. The molecule has 18 heavy (non-hydrogen) atoms. The van der Waals surface area contributed by atoms with Crippen molar-refractivity contribution < 1.29 is 19.1 Å². The van der Waals surface area contributed by atoms with Crippen molar-refractivity contribution in [1.82, 2.24) is 10.3 Å². The summed E-state index contributed by atoms with van der Waals surface area (Å²) in [5.74, 6) is -0.399. The molecule has 2 N–H and O–H groups in total. The van der Waals surface area contributed by atoms with Crippen LogP contribution in [0.25, 0.3) is 0 Å². The maximum Gasteiger partial charge on any atom is 0.329 e. The largest absolute Gasteiger partial charge is 0.480 e. The van der Waals surface area contributed by atoms with Crippen molar-refractivity contribution in [2.45, 2.75) is 44.1 Å². The Morgan fingerprint density at radius 1 is 1.44 bits per heavy atom. The third-order valence-corrected chi connectivity index (χ3v) is 3.46. The van der Waals surface area contributed by atoms with Gasteiger partial charge in [-0.05, 0) is 32.6 Å². The number of aliphatic carboxylic acids is 1. The van der Waals surface area contributed by atoms with Gasteiger partial charge in [-0.1, -0.05) is 0 Å². The van der Waals surface area contributed by atoms with E-state index in [0.29, 0.717) is 30.3 Å². The number of aryl methyl sites for hydroxylation is 1. The fraction of sp³-hybridized carbons (Fsp3) is 0.583. The average Bonchev–Trinajstić information content (AvgIpc) is 3.19. The zero-order chi connectivity index (χ0) is 12.9. The lowest BCUT2D eigenvalue weighted by Gasteiger charge is -2.10. The summed E-state index contributed by atoms with van der Waals surface area (Å²) >= 11 is 0. The molecule has 2 aliphatic carbocycles.